The van der Waals surface area contributed by atoms with E-state index in [0.717, 1.165) is 22.2 Å². The SMILES string of the molecule is Cn1ccc2c(NC(=O)CCN3C(=O)c4ccccc4N4C(=O)c5ccccc5C34)cccc21. The van der Waals surface area contributed by atoms with Crippen molar-refractivity contribution >= 4 is 40.0 Å². The summed E-state index contributed by atoms with van der Waals surface area (Å²) in [7, 11) is 1.96. The molecule has 0 radical (unpaired) electrons. The number of aryl methyl sites for hydroxylation is 1. The molecule has 7 nitrogen and oxygen atoms in total. The van der Waals surface area contributed by atoms with Crippen molar-refractivity contribution in [3.63, 3.8) is 0 Å². The van der Waals surface area contributed by atoms with Gasteiger partial charge in [-0.3, -0.25) is 19.3 Å². The van der Waals surface area contributed by atoms with Gasteiger partial charge in [-0.1, -0.05) is 36.4 Å². The van der Waals surface area contributed by atoms with E-state index in [2.05, 4.69) is 5.32 Å². The van der Waals surface area contributed by atoms with Crippen LogP contribution in [0.25, 0.3) is 10.9 Å². The number of carbonyl (C=O) groups is 3. The van der Waals surface area contributed by atoms with E-state index < -0.39 is 6.17 Å². The van der Waals surface area contributed by atoms with Crippen LogP contribution in [-0.4, -0.2) is 33.7 Å². The van der Waals surface area contributed by atoms with Gasteiger partial charge in [0.1, 0.15) is 6.17 Å². The zero-order valence-electron chi connectivity index (χ0n) is 18.6. The third-order valence-electron chi connectivity index (χ3n) is 6.66. The molecule has 0 fully saturated rings. The summed E-state index contributed by atoms with van der Waals surface area (Å²) in [4.78, 5) is 43.0. The number of carbonyl (C=O) groups excluding carboxylic acids is 3. The summed E-state index contributed by atoms with van der Waals surface area (Å²) in [5.74, 6) is -0.503. The molecule has 0 bridgehead atoms. The second-order valence-corrected chi connectivity index (χ2v) is 8.61. The lowest BCUT2D eigenvalue weighted by atomic mass is 10.0. The molecule has 34 heavy (non-hydrogen) atoms. The molecule has 1 aromatic heterocycles. The zero-order valence-corrected chi connectivity index (χ0v) is 18.6. The largest absolute Gasteiger partial charge is 0.350 e. The Morgan fingerprint density at radius 3 is 2.50 bits per heavy atom. The monoisotopic (exact) mass is 450 g/mol. The van der Waals surface area contributed by atoms with Crippen LogP contribution >= 0.6 is 0 Å². The van der Waals surface area contributed by atoms with Crippen LogP contribution in [-0.2, 0) is 11.8 Å². The smallest absolute Gasteiger partial charge is 0.260 e. The predicted octanol–water partition coefficient (Wildman–Crippen LogP) is 4.32. The van der Waals surface area contributed by atoms with Crippen molar-refractivity contribution in [2.24, 2.45) is 7.05 Å². The lowest BCUT2D eigenvalue weighted by Crippen LogP contribution is -2.49. The number of anilines is 2. The topological polar surface area (TPSA) is 74.7 Å². The first-order chi connectivity index (χ1) is 16.5. The molecule has 0 aliphatic carbocycles. The van der Waals surface area contributed by atoms with Crippen LogP contribution in [0.5, 0.6) is 0 Å². The van der Waals surface area contributed by atoms with E-state index in [1.54, 1.807) is 34.1 Å². The lowest BCUT2D eigenvalue weighted by Gasteiger charge is -2.40. The zero-order chi connectivity index (χ0) is 23.4. The second-order valence-electron chi connectivity index (χ2n) is 8.61. The Kier molecular flexibility index (Phi) is 4.52. The number of nitrogens with one attached hydrogen (secondary N) is 1. The molecule has 1 atom stereocenters. The first-order valence-electron chi connectivity index (χ1n) is 11.2. The molecule has 4 aromatic rings. The highest BCUT2D eigenvalue weighted by Crippen LogP contribution is 2.45. The normalized spacial score (nSPS) is 16.4. The second kappa shape index (κ2) is 7.59. The van der Waals surface area contributed by atoms with Gasteiger partial charge in [0, 0.05) is 48.2 Å². The fraction of sp³-hybridized carbons (Fsp3) is 0.148. The summed E-state index contributed by atoms with van der Waals surface area (Å²) in [6, 6.07) is 22.2. The van der Waals surface area contributed by atoms with Crippen molar-refractivity contribution in [3.05, 3.63) is 95.7 Å². The summed E-state index contributed by atoms with van der Waals surface area (Å²) in [6.45, 7) is 0.187. The highest BCUT2D eigenvalue weighted by molar-refractivity contribution is 6.16. The van der Waals surface area contributed by atoms with Crippen molar-refractivity contribution < 1.29 is 14.4 Å². The molecule has 3 heterocycles. The maximum Gasteiger partial charge on any atom is 0.260 e. The summed E-state index contributed by atoms with van der Waals surface area (Å²) >= 11 is 0. The van der Waals surface area contributed by atoms with Gasteiger partial charge in [0.25, 0.3) is 11.8 Å². The molecule has 1 N–H and O–H groups in total. The quantitative estimate of drug-likeness (QED) is 0.503. The van der Waals surface area contributed by atoms with Crippen LogP contribution in [0.4, 0.5) is 11.4 Å². The van der Waals surface area contributed by atoms with Gasteiger partial charge in [-0.15, -0.1) is 0 Å². The van der Waals surface area contributed by atoms with Gasteiger partial charge in [-0.05, 0) is 36.4 Å². The molecule has 6 rings (SSSR count). The Hall–Kier alpha value is -4.39. The fourth-order valence-electron chi connectivity index (χ4n) is 5.05. The average molecular weight is 450 g/mol. The van der Waals surface area contributed by atoms with Crippen molar-refractivity contribution in [1.29, 1.82) is 0 Å². The van der Waals surface area contributed by atoms with E-state index in [1.807, 2.05) is 66.3 Å². The third kappa shape index (κ3) is 2.94. The van der Waals surface area contributed by atoms with Crippen LogP contribution < -0.4 is 10.2 Å². The van der Waals surface area contributed by atoms with Crippen LogP contribution in [0, 0.1) is 0 Å². The molecule has 7 heteroatoms. The van der Waals surface area contributed by atoms with E-state index in [-0.39, 0.29) is 30.7 Å². The van der Waals surface area contributed by atoms with Gasteiger partial charge < -0.3 is 14.8 Å². The molecule has 1 unspecified atom stereocenters. The Bertz CT molecular complexity index is 1490. The molecular formula is C27H22N4O3. The molecule has 2 aliphatic heterocycles. The van der Waals surface area contributed by atoms with Crippen LogP contribution in [0.2, 0.25) is 0 Å². The maximum absolute atomic E-state index is 13.5. The van der Waals surface area contributed by atoms with E-state index >= 15 is 0 Å². The Balaban J connectivity index is 1.30. The van der Waals surface area contributed by atoms with Crippen LogP contribution in [0.1, 0.15) is 38.9 Å². The minimum atomic E-state index is -0.559. The molecule has 0 saturated carbocycles. The first-order valence-corrected chi connectivity index (χ1v) is 11.2. The Morgan fingerprint density at radius 2 is 1.65 bits per heavy atom. The van der Waals surface area contributed by atoms with Crippen LogP contribution in [0.3, 0.4) is 0 Å². The Morgan fingerprint density at radius 1 is 0.882 bits per heavy atom. The number of amides is 3. The van der Waals surface area contributed by atoms with Gasteiger partial charge in [0.15, 0.2) is 0 Å². The van der Waals surface area contributed by atoms with Crippen molar-refractivity contribution in [2.45, 2.75) is 12.6 Å². The number of benzene rings is 3. The van der Waals surface area contributed by atoms with Gasteiger partial charge in [0.05, 0.1) is 16.9 Å². The van der Waals surface area contributed by atoms with Crippen molar-refractivity contribution in [1.82, 2.24) is 9.47 Å². The number of rotatable bonds is 4. The number of para-hydroxylation sites is 1. The summed E-state index contributed by atoms with van der Waals surface area (Å²) in [6.07, 6.45) is 1.50. The van der Waals surface area contributed by atoms with Gasteiger partial charge in [-0.25, -0.2) is 0 Å². The molecular weight excluding hydrogens is 428 g/mol. The molecule has 0 saturated heterocycles. The molecule has 3 aromatic carbocycles. The number of hydrogen-bond donors (Lipinski definition) is 1. The summed E-state index contributed by atoms with van der Waals surface area (Å²) in [5.41, 5.74) is 4.20. The molecule has 0 spiro atoms. The summed E-state index contributed by atoms with van der Waals surface area (Å²) in [5, 5.41) is 3.95. The Labute approximate surface area is 196 Å². The maximum atomic E-state index is 13.5. The van der Waals surface area contributed by atoms with Crippen molar-refractivity contribution in [2.75, 3.05) is 16.8 Å². The van der Waals surface area contributed by atoms with Gasteiger partial charge in [0.2, 0.25) is 5.91 Å². The van der Waals surface area contributed by atoms with E-state index in [9.17, 15) is 14.4 Å². The first kappa shape index (κ1) is 20.2. The number of hydrogen-bond acceptors (Lipinski definition) is 3. The highest BCUT2D eigenvalue weighted by atomic mass is 16.2. The van der Waals surface area contributed by atoms with Gasteiger partial charge in [-0.2, -0.15) is 0 Å². The fourth-order valence-corrected chi connectivity index (χ4v) is 5.05. The minimum absolute atomic E-state index is 0.109. The van der Waals surface area contributed by atoms with E-state index in [0.29, 0.717) is 16.8 Å². The van der Waals surface area contributed by atoms with E-state index in [1.165, 1.54) is 0 Å². The molecule has 2 aliphatic rings. The average Bonchev–Trinajstić information content (AvgIpc) is 3.38. The molecule has 168 valence electrons. The van der Waals surface area contributed by atoms with E-state index in [4.69, 9.17) is 0 Å². The molecule has 3 amide bonds. The lowest BCUT2D eigenvalue weighted by molar-refractivity contribution is -0.116. The van der Waals surface area contributed by atoms with Gasteiger partial charge >= 0.3 is 0 Å². The highest BCUT2D eigenvalue weighted by Gasteiger charge is 2.47. The standard InChI is InChI=1S/C27H22N4O3/c1-29-15-13-19-21(10-6-12-22(19)29)28-24(32)14-16-30-25-17-7-2-3-8-18(17)27(34)31(25)23-11-5-4-9-20(23)26(30)33/h2-13,15,25H,14,16H2,1H3,(H,28,32). The number of nitrogens with zero attached hydrogens (tertiary/aromatic N) is 3. The summed E-state index contributed by atoms with van der Waals surface area (Å²) < 4.78 is 2.00. The third-order valence-corrected chi connectivity index (χ3v) is 6.66. The minimum Gasteiger partial charge on any atom is -0.350 e. The van der Waals surface area contributed by atoms with Crippen LogP contribution in [0.15, 0.2) is 79.0 Å². The number of fused-ring (bicyclic) bond motifs is 6. The van der Waals surface area contributed by atoms with Crippen molar-refractivity contribution in [3.8, 4) is 0 Å². The number of aromatic nitrogens is 1. The predicted molar refractivity (Wildman–Crippen MR) is 130 cm³/mol.